The Kier molecular flexibility index (Phi) is 2.96. The molecule has 1 N–H and O–H groups in total. The number of nitrogens with one attached hydrogen (secondary N) is 1. The van der Waals surface area contributed by atoms with Gasteiger partial charge < -0.3 is 5.32 Å². The number of carbonyl (C=O) groups is 1. The standard InChI is InChI=1S/C17H14N4O/c22-17-13-8-4-5-9-15(13)21-16(11-18-20-21)14(19-17)10-12-6-2-1-3-7-12/h1-9,11,14H,10H2,(H,19,22)/t14-/m0/s1. The van der Waals surface area contributed by atoms with E-state index in [0.29, 0.717) is 12.0 Å². The van der Waals surface area contributed by atoms with Crippen LogP contribution in [0.2, 0.25) is 0 Å². The Morgan fingerprint density at radius 2 is 1.82 bits per heavy atom. The number of aromatic nitrogens is 3. The first kappa shape index (κ1) is 12.8. The molecular weight excluding hydrogens is 276 g/mol. The number of hydrogen-bond acceptors (Lipinski definition) is 3. The van der Waals surface area contributed by atoms with Gasteiger partial charge in [0.1, 0.15) is 0 Å². The lowest BCUT2D eigenvalue weighted by atomic mass is 10.0. The van der Waals surface area contributed by atoms with Gasteiger partial charge in [0.15, 0.2) is 0 Å². The highest BCUT2D eigenvalue weighted by molar-refractivity contribution is 5.98. The van der Waals surface area contributed by atoms with Crippen LogP contribution in [0.25, 0.3) is 5.69 Å². The molecule has 0 unspecified atom stereocenters. The Bertz CT molecular complexity index is 825. The molecule has 0 saturated carbocycles. The second-order valence-corrected chi connectivity index (χ2v) is 5.30. The molecule has 22 heavy (non-hydrogen) atoms. The molecule has 3 aromatic rings. The molecule has 1 aliphatic rings. The van der Waals surface area contributed by atoms with E-state index < -0.39 is 0 Å². The molecule has 0 aliphatic carbocycles. The molecule has 0 spiro atoms. The molecule has 2 heterocycles. The fourth-order valence-corrected chi connectivity index (χ4v) is 2.83. The molecule has 1 atom stereocenters. The summed E-state index contributed by atoms with van der Waals surface area (Å²) in [6.07, 6.45) is 2.42. The fourth-order valence-electron chi connectivity index (χ4n) is 2.83. The fraction of sp³-hybridized carbons (Fsp3) is 0.118. The molecule has 1 amide bonds. The number of benzene rings is 2. The van der Waals surface area contributed by atoms with Gasteiger partial charge in [0.05, 0.1) is 29.2 Å². The second-order valence-electron chi connectivity index (χ2n) is 5.30. The van der Waals surface area contributed by atoms with Crippen LogP contribution in [0.5, 0.6) is 0 Å². The van der Waals surface area contributed by atoms with Crippen molar-refractivity contribution in [1.29, 1.82) is 0 Å². The second kappa shape index (κ2) is 5.11. The third kappa shape index (κ3) is 2.07. The summed E-state index contributed by atoms with van der Waals surface area (Å²) >= 11 is 0. The zero-order valence-electron chi connectivity index (χ0n) is 11.8. The molecule has 0 fully saturated rings. The summed E-state index contributed by atoms with van der Waals surface area (Å²) < 4.78 is 1.75. The van der Waals surface area contributed by atoms with E-state index in [1.165, 1.54) is 0 Å². The number of carbonyl (C=O) groups excluding carboxylic acids is 1. The van der Waals surface area contributed by atoms with Crippen LogP contribution in [-0.2, 0) is 6.42 Å². The Labute approximate surface area is 127 Å². The number of hydrogen-bond donors (Lipinski definition) is 1. The third-order valence-electron chi connectivity index (χ3n) is 3.90. The van der Waals surface area contributed by atoms with Crippen LogP contribution in [0.15, 0.2) is 60.8 Å². The van der Waals surface area contributed by atoms with Crippen molar-refractivity contribution < 1.29 is 4.79 Å². The molecule has 5 nitrogen and oxygen atoms in total. The average Bonchev–Trinajstić information content (AvgIpc) is 3.01. The van der Waals surface area contributed by atoms with E-state index in [9.17, 15) is 4.79 Å². The predicted molar refractivity (Wildman–Crippen MR) is 81.7 cm³/mol. The van der Waals surface area contributed by atoms with Crippen molar-refractivity contribution in [2.24, 2.45) is 0 Å². The van der Waals surface area contributed by atoms with Crippen LogP contribution in [0, 0.1) is 0 Å². The van der Waals surface area contributed by atoms with E-state index in [0.717, 1.165) is 16.9 Å². The van der Waals surface area contributed by atoms with Crippen LogP contribution in [-0.4, -0.2) is 20.9 Å². The monoisotopic (exact) mass is 290 g/mol. The van der Waals surface area contributed by atoms with Crippen LogP contribution in [0.3, 0.4) is 0 Å². The van der Waals surface area contributed by atoms with Crippen molar-refractivity contribution in [2.45, 2.75) is 12.5 Å². The SMILES string of the molecule is O=C1N[C@@H](Cc2ccccc2)c2cnnn2-c2ccccc21. The Balaban J connectivity index is 1.79. The van der Waals surface area contributed by atoms with Crippen molar-refractivity contribution in [3.8, 4) is 5.69 Å². The van der Waals surface area contributed by atoms with Crippen molar-refractivity contribution in [1.82, 2.24) is 20.3 Å². The van der Waals surface area contributed by atoms with Crippen molar-refractivity contribution in [3.63, 3.8) is 0 Å². The molecule has 4 rings (SSSR count). The van der Waals surface area contributed by atoms with Gasteiger partial charge in [0.2, 0.25) is 0 Å². The summed E-state index contributed by atoms with van der Waals surface area (Å²) in [4.78, 5) is 12.5. The first-order chi connectivity index (χ1) is 10.8. The topological polar surface area (TPSA) is 59.8 Å². The number of nitrogens with zero attached hydrogens (tertiary/aromatic N) is 3. The van der Waals surface area contributed by atoms with E-state index >= 15 is 0 Å². The average molecular weight is 290 g/mol. The first-order valence-corrected chi connectivity index (χ1v) is 7.18. The quantitative estimate of drug-likeness (QED) is 0.787. The molecule has 1 aliphatic heterocycles. The molecule has 108 valence electrons. The van der Waals surface area contributed by atoms with E-state index in [2.05, 4.69) is 27.8 Å². The minimum atomic E-state index is -0.155. The molecule has 1 aromatic heterocycles. The molecular formula is C17H14N4O. The van der Waals surface area contributed by atoms with Gasteiger partial charge in [-0.25, -0.2) is 4.68 Å². The lowest BCUT2D eigenvalue weighted by molar-refractivity contribution is 0.0938. The Hall–Kier alpha value is -2.95. The highest BCUT2D eigenvalue weighted by Gasteiger charge is 2.27. The van der Waals surface area contributed by atoms with E-state index in [1.807, 2.05) is 36.4 Å². The Morgan fingerprint density at radius 1 is 1.05 bits per heavy atom. The maximum Gasteiger partial charge on any atom is 0.254 e. The molecule has 0 saturated heterocycles. The third-order valence-corrected chi connectivity index (χ3v) is 3.90. The molecule has 5 heteroatoms. The number of fused-ring (bicyclic) bond motifs is 3. The van der Waals surface area contributed by atoms with Gasteiger partial charge >= 0.3 is 0 Å². The lowest BCUT2D eigenvalue weighted by Crippen LogP contribution is -2.28. The van der Waals surface area contributed by atoms with Gasteiger partial charge in [-0.1, -0.05) is 47.7 Å². The van der Waals surface area contributed by atoms with Crippen LogP contribution < -0.4 is 5.32 Å². The summed E-state index contributed by atoms with van der Waals surface area (Å²) in [5.41, 5.74) is 3.43. The van der Waals surface area contributed by atoms with E-state index in [1.54, 1.807) is 16.9 Å². The molecule has 0 radical (unpaired) electrons. The smallest absolute Gasteiger partial charge is 0.254 e. The highest BCUT2D eigenvalue weighted by atomic mass is 16.1. The van der Waals surface area contributed by atoms with Crippen molar-refractivity contribution in [2.75, 3.05) is 0 Å². The van der Waals surface area contributed by atoms with E-state index in [-0.39, 0.29) is 11.9 Å². The van der Waals surface area contributed by atoms with Crippen LogP contribution in [0.1, 0.15) is 27.7 Å². The largest absolute Gasteiger partial charge is 0.343 e. The van der Waals surface area contributed by atoms with Gasteiger partial charge in [-0.3, -0.25) is 4.79 Å². The minimum Gasteiger partial charge on any atom is -0.343 e. The minimum absolute atomic E-state index is 0.0815. The van der Waals surface area contributed by atoms with Gasteiger partial charge in [-0.05, 0) is 24.1 Å². The summed E-state index contributed by atoms with van der Waals surface area (Å²) in [5.74, 6) is -0.0815. The number of rotatable bonds is 2. The molecule has 2 aromatic carbocycles. The van der Waals surface area contributed by atoms with Gasteiger partial charge in [-0.2, -0.15) is 0 Å². The van der Waals surface area contributed by atoms with Crippen molar-refractivity contribution in [3.05, 3.63) is 77.6 Å². The summed E-state index contributed by atoms with van der Waals surface area (Å²) in [6.45, 7) is 0. The van der Waals surface area contributed by atoms with Gasteiger partial charge in [0, 0.05) is 0 Å². The normalized spacial score (nSPS) is 16.4. The molecule has 0 bridgehead atoms. The number of amides is 1. The zero-order valence-corrected chi connectivity index (χ0v) is 11.8. The summed E-state index contributed by atoms with van der Waals surface area (Å²) in [6, 6.07) is 17.4. The van der Waals surface area contributed by atoms with Gasteiger partial charge in [0.25, 0.3) is 5.91 Å². The highest BCUT2D eigenvalue weighted by Crippen LogP contribution is 2.26. The summed E-state index contributed by atoms with van der Waals surface area (Å²) in [7, 11) is 0. The predicted octanol–water partition coefficient (Wildman–Crippen LogP) is 2.29. The first-order valence-electron chi connectivity index (χ1n) is 7.18. The zero-order chi connectivity index (χ0) is 14.9. The number of para-hydroxylation sites is 1. The van der Waals surface area contributed by atoms with Crippen molar-refractivity contribution >= 4 is 5.91 Å². The maximum atomic E-state index is 12.5. The Morgan fingerprint density at radius 3 is 2.68 bits per heavy atom. The lowest BCUT2D eigenvalue weighted by Gasteiger charge is -2.16. The van der Waals surface area contributed by atoms with Gasteiger partial charge in [-0.15, -0.1) is 5.10 Å². The summed E-state index contributed by atoms with van der Waals surface area (Å²) in [5, 5.41) is 11.3. The van der Waals surface area contributed by atoms with Crippen LogP contribution >= 0.6 is 0 Å². The van der Waals surface area contributed by atoms with E-state index in [4.69, 9.17) is 0 Å². The van der Waals surface area contributed by atoms with Crippen LogP contribution in [0.4, 0.5) is 0 Å². The maximum absolute atomic E-state index is 12.5.